The summed E-state index contributed by atoms with van der Waals surface area (Å²) in [6.45, 7) is 5.79. The normalized spacial score (nSPS) is 18.0. The quantitative estimate of drug-likeness (QED) is 0.455. The zero-order chi connectivity index (χ0) is 13.2. The van der Waals surface area contributed by atoms with E-state index in [1.54, 1.807) is 0 Å². The zero-order valence-electron chi connectivity index (χ0n) is 13.1. The van der Waals surface area contributed by atoms with E-state index >= 15 is 0 Å². The molecule has 0 amide bonds. The molecule has 1 heteroatoms. The number of hydrogen-bond donors (Lipinski definition) is 0. The molecule has 0 saturated heterocycles. The summed E-state index contributed by atoms with van der Waals surface area (Å²) in [4.78, 5) is 2.51. The Morgan fingerprint density at radius 2 is 1.67 bits per heavy atom. The van der Waals surface area contributed by atoms with E-state index in [1.807, 2.05) is 0 Å². The van der Waals surface area contributed by atoms with E-state index < -0.39 is 0 Å². The summed E-state index contributed by atoms with van der Waals surface area (Å²) in [5, 5.41) is 0. The predicted molar refractivity (Wildman–Crippen MR) is 82.0 cm³/mol. The van der Waals surface area contributed by atoms with Gasteiger partial charge >= 0.3 is 0 Å². The molecule has 108 valence electrons. The second-order valence-corrected chi connectivity index (χ2v) is 6.28. The van der Waals surface area contributed by atoms with Gasteiger partial charge in [-0.3, -0.25) is 0 Å². The maximum Gasteiger partial charge on any atom is 0.00894 e. The lowest BCUT2D eigenvalue weighted by atomic mass is 9.81. The fourth-order valence-electron chi connectivity index (χ4n) is 3.12. The molecule has 1 aliphatic rings. The van der Waals surface area contributed by atoms with E-state index in [1.165, 1.54) is 77.2 Å². The first-order valence-electron chi connectivity index (χ1n) is 8.48. The van der Waals surface area contributed by atoms with Crippen LogP contribution in [0.3, 0.4) is 0 Å². The first-order valence-corrected chi connectivity index (χ1v) is 8.48. The molecule has 0 bridgehead atoms. The fourth-order valence-corrected chi connectivity index (χ4v) is 3.12. The molecular weight excluding hydrogens is 218 g/mol. The van der Waals surface area contributed by atoms with E-state index in [2.05, 4.69) is 25.8 Å². The van der Waals surface area contributed by atoms with E-state index in [-0.39, 0.29) is 0 Å². The molecule has 0 aliphatic heterocycles. The molecule has 0 aromatic carbocycles. The topological polar surface area (TPSA) is 3.24 Å². The first-order chi connectivity index (χ1) is 8.77. The van der Waals surface area contributed by atoms with Gasteiger partial charge in [0.25, 0.3) is 0 Å². The molecule has 1 unspecified atom stereocenters. The van der Waals surface area contributed by atoms with Crippen molar-refractivity contribution in [3.8, 4) is 0 Å². The van der Waals surface area contributed by atoms with Crippen molar-refractivity contribution in [3.05, 3.63) is 0 Å². The summed E-state index contributed by atoms with van der Waals surface area (Å²) in [5.74, 6) is 1.12. The minimum absolute atomic E-state index is 0.824. The molecule has 1 fully saturated rings. The fraction of sp³-hybridized carbons (Fsp3) is 1.00. The summed E-state index contributed by atoms with van der Waals surface area (Å²) in [5.41, 5.74) is 0. The third-order valence-corrected chi connectivity index (χ3v) is 4.97. The lowest BCUT2D eigenvalue weighted by molar-refractivity contribution is 0.229. The van der Waals surface area contributed by atoms with Gasteiger partial charge in [-0.15, -0.1) is 0 Å². The number of unbranched alkanes of at least 4 members (excludes halogenated alkanes) is 4. The second-order valence-electron chi connectivity index (χ2n) is 6.28. The molecule has 1 atom stereocenters. The smallest absolute Gasteiger partial charge is 0.00894 e. The van der Waals surface area contributed by atoms with Gasteiger partial charge < -0.3 is 4.90 Å². The van der Waals surface area contributed by atoms with Crippen molar-refractivity contribution in [3.63, 3.8) is 0 Å². The van der Waals surface area contributed by atoms with Crippen LogP contribution in [0.25, 0.3) is 0 Å². The Morgan fingerprint density at radius 3 is 2.22 bits per heavy atom. The van der Waals surface area contributed by atoms with Crippen molar-refractivity contribution in [1.82, 2.24) is 4.90 Å². The summed E-state index contributed by atoms with van der Waals surface area (Å²) in [6.07, 6.45) is 16.2. The van der Waals surface area contributed by atoms with E-state index in [9.17, 15) is 0 Å². The van der Waals surface area contributed by atoms with Crippen LogP contribution in [-0.2, 0) is 0 Å². The minimum atomic E-state index is 0.824. The summed E-state index contributed by atoms with van der Waals surface area (Å²) >= 11 is 0. The van der Waals surface area contributed by atoms with Crippen LogP contribution in [0.2, 0.25) is 0 Å². The predicted octanol–water partition coefficient (Wildman–Crippen LogP) is 5.25. The van der Waals surface area contributed by atoms with Gasteiger partial charge in [-0.05, 0) is 32.4 Å². The van der Waals surface area contributed by atoms with Gasteiger partial charge in [-0.1, -0.05) is 71.6 Å². The molecule has 0 N–H and O–H groups in total. The molecule has 0 radical (unpaired) electrons. The minimum Gasteiger partial charge on any atom is -0.304 e. The highest BCUT2D eigenvalue weighted by Gasteiger charge is 2.16. The summed E-state index contributed by atoms with van der Waals surface area (Å²) in [6, 6.07) is 0.824. The van der Waals surface area contributed by atoms with Crippen LogP contribution in [0.4, 0.5) is 0 Å². The molecule has 1 nitrogen and oxygen atoms in total. The average molecular weight is 253 g/mol. The Morgan fingerprint density at radius 1 is 1.00 bits per heavy atom. The monoisotopic (exact) mass is 253 g/mol. The summed E-state index contributed by atoms with van der Waals surface area (Å²) < 4.78 is 0. The molecule has 1 rings (SSSR count). The Labute approximate surface area is 115 Å². The molecule has 0 aromatic rings. The van der Waals surface area contributed by atoms with Crippen LogP contribution in [0, 0.1) is 5.92 Å². The van der Waals surface area contributed by atoms with E-state index in [0.717, 1.165) is 12.0 Å². The SMILES string of the molecule is CCC(CCCCCCCC1CCC1)N(C)CC. The van der Waals surface area contributed by atoms with Gasteiger partial charge in [0.05, 0.1) is 0 Å². The van der Waals surface area contributed by atoms with E-state index in [0.29, 0.717) is 0 Å². The summed E-state index contributed by atoms with van der Waals surface area (Å²) in [7, 11) is 2.27. The van der Waals surface area contributed by atoms with Gasteiger partial charge in [0.1, 0.15) is 0 Å². The number of hydrogen-bond acceptors (Lipinski definition) is 1. The van der Waals surface area contributed by atoms with Crippen molar-refractivity contribution >= 4 is 0 Å². The molecular formula is C17H35N. The van der Waals surface area contributed by atoms with Crippen LogP contribution < -0.4 is 0 Å². The number of nitrogens with zero attached hydrogens (tertiary/aromatic N) is 1. The lowest BCUT2D eigenvalue weighted by Crippen LogP contribution is -2.30. The molecule has 0 spiro atoms. The van der Waals surface area contributed by atoms with Gasteiger partial charge in [-0.25, -0.2) is 0 Å². The Bertz CT molecular complexity index is 186. The lowest BCUT2D eigenvalue weighted by Gasteiger charge is -2.26. The maximum absolute atomic E-state index is 2.51. The highest BCUT2D eigenvalue weighted by atomic mass is 15.1. The zero-order valence-corrected chi connectivity index (χ0v) is 13.1. The van der Waals surface area contributed by atoms with Crippen molar-refractivity contribution in [2.45, 2.75) is 90.5 Å². The van der Waals surface area contributed by atoms with E-state index in [4.69, 9.17) is 0 Å². The van der Waals surface area contributed by atoms with Crippen molar-refractivity contribution in [2.24, 2.45) is 5.92 Å². The average Bonchev–Trinajstić information content (AvgIpc) is 2.34. The van der Waals surface area contributed by atoms with Crippen molar-refractivity contribution in [2.75, 3.05) is 13.6 Å². The Kier molecular flexibility index (Phi) is 8.75. The highest BCUT2D eigenvalue weighted by Crippen LogP contribution is 2.31. The van der Waals surface area contributed by atoms with Crippen LogP contribution in [0.15, 0.2) is 0 Å². The maximum atomic E-state index is 2.51. The molecule has 1 aliphatic carbocycles. The standard InChI is InChI=1S/C17H35N/c1-4-17(18(3)5-2)15-10-8-6-7-9-12-16-13-11-14-16/h16-17H,4-15H2,1-3H3. The Hall–Kier alpha value is -0.0400. The van der Waals surface area contributed by atoms with Crippen molar-refractivity contribution < 1.29 is 0 Å². The highest BCUT2D eigenvalue weighted by molar-refractivity contribution is 4.69. The largest absolute Gasteiger partial charge is 0.304 e. The van der Waals surface area contributed by atoms with Gasteiger partial charge in [0.2, 0.25) is 0 Å². The van der Waals surface area contributed by atoms with Crippen LogP contribution in [-0.4, -0.2) is 24.5 Å². The second kappa shape index (κ2) is 9.83. The van der Waals surface area contributed by atoms with Gasteiger partial charge in [0, 0.05) is 6.04 Å². The van der Waals surface area contributed by atoms with Crippen molar-refractivity contribution in [1.29, 1.82) is 0 Å². The van der Waals surface area contributed by atoms with Gasteiger partial charge in [0.15, 0.2) is 0 Å². The Balaban J connectivity index is 1.87. The molecule has 18 heavy (non-hydrogen) atoms. The van der Waals surface area contributed by atoms with Crippen LogP contribution in [0.5, 0.6) is 0 Å². The third kappa shape index (κ3) is 6.22. The molecule has 1 saturated carbocycles. The molecule has 0 heterocycles. The van der Waals surface area contributed by atoms with Gasteiger partial charge in [-0.2, -0.15) is 0 Å². The van der Waals surface area contributed by atoms with Crippen LogP contribution >= 0.6 is 0 Å². The first kappa shape index (κ1) is 16.0. The van der Waals surface area contributed by atoms with Crippen LogP contribution in [0.1, 0.15) is 84.5 Å². The third-order valence-electron chi connectivity index (χ3n) is 4.97. The molecule has 0 aromatic heterocycles. The number of rotatable bonds is 11.